The molecule has 86 valence electrons. The summed E-state index contributed by atoms with van der Waals surface area (Å²) in [6.07, 6.45) is 0. The highest BCUT2D eigenvalue weighted by Gasteiger charge is 2.24. The van der Waals surface area contributed by atoms with Crippen LogP contribution in [0.25, 0.3) is 0 Å². The third kappa shape index (κ3) is 2.10. The van der Waals surface area contributed by atoms with Crippen LogP contribution in [-0.2, 0) is 0 Å². The first kappa shape index (κ1) is 12.0. The van der Waals surface area contributed by atoms with Crippen molar-refractivity contribution in [1.82, 2.24) is 0 Å². The number of phenolic OH excluding ortho intramolecular Hbond substituents is 2. The first-order chi connectivity index (χ1) is 7.34. The summed E-state index contributed by atoms with van der Waals surface area (Å²) in [6, 6.07) is 1.68. The van der Waals surface area contributed by atoms with E-state index >= 15 is 0 Å². The lowest BCUT2D eigenvalue weighted by Crippen LogP contribution is -2.10. The number of hydrogen-bond donors (Lipinski definition) is 2. The van der Waals surface area contributed by atoms with Crippen molar-refractivity contribution in [3.63, 3.8) is 0 Å². The highest BCUT2D eigenvalue weighted by molar-refractivity contribution is 6.01. The molecule has 6 nitrogen and oxygen atoms in total. The second-order valence-electron chi connectivity index (χ2n) is 3.63. The summed E-state index contributed by atoms with van der Waals surface area (Å²) in [6.45, 7) is 3.19. The van der Waals surface area contributed by atoms with Crippen LogP contribution in [0.15, 0.2) is 12.1 Å². The molecular weight excluding hydrogens is 214 g/mol. The van der Waals surface area contributed by atoms with Crippen molar-refractivity contribution in [3.05, 3.63) is 27.8 Å². The van der Waals surface area contributed by atoms with Crippen LogP contribution in [0.4, 0.5) is 5.69 Å². The van der Waals surface area contributed by atoms with E-state index in [0.717, 1.165) is 12.1 Å². The van der Waals surface area contributed by atoms with Gasteiger partial charge >= 0.3 is 0 Å². The Morgan fingerprint density at radius 3 is 2.25 bits per heavy atom. The van der Waals surface area contributed by atoms with Gasteiger partial charge in [0.1, 0.15) is 0 Å². The molecule has 0 amide bonds. The largest absolute Gasteiger partial charge is 0.504 e. The second-order valence-corrected chi connectivity index (χ2v) is 3.63. The van der Waals surface area contributed by atoms with Crippen molar-refractivity contribution < 1.29 is 19.9 Å². The molecule has 0 radical (unpaired) electrons. The summed E-state index contributed by atoms with van der Waals surface area (Å²) in [7, 11) is 0. The zero-order chi connectivity index (χ0) is 12.5. The van der Waals surface area contributed by atoms with E-state index in [9.17, 15) is 20.0 Å². The normalized spacial score (nSPS) is 10.4. The molecule has 1 rings (SSSR count). The molecule has 0 saturated heterocycles. The van der Waals surface area contributed by atoms with Crippen LogP contribution in [-0.4, -0.2) is 20.9 Å². The van der Waals surface area contributed by atoms with E-state index in [4.69, 9.17) is 5.11 Å². The Morgan fingerprint density at radius 2 is 1.81 bits per heavy atom. The van der Waals surface area contributed by atoms with Gasteiger partial charge in [0.2, 0.25) is 0 Å². The first-order valence-corrected chi connectivity index (χ1v) is 4.59. The topological polar surface area (TPSA) is 101 Å². The van der Waals surface area contributed by atoms with Crippen LogP contribution in [0.5, 0.6) is 11.5 Å². The van der Waals surface area contributed by atoms with Crippen molar-refractivity contribution in [2.45, 2.75) is 13.8 Å². The van der Waals surface area contributed by atoms with Crippen LogP contribution in [0.2, 0.25) is 0 Å². The quantitative estimate of drug-likeness (QED) is 0.354. The minimum absolute atomic E-state index is 0.199. The van der Waals surface area contributed by atoms with Crippen LogP contribution in [0, 0.1) is 16.0 Å². The van der Waals surface area contributed by atoms with Crippen molar-refractivity contribution in [3.8, 4) is 11.5 Å². The highest BCUT2D eigenvalue weighted by Crippen LogP contribution is 2.33. The molecule has 0 bridgehead atoms. The molecule has 0 fully saturated rings. The number of rotatable bonds is 3. The number of nitro benzene ring substituents is 1. The first-order valence-electron chi connectivity index (χ1n) is 4.59. The number of nitro groups is 1. The zero-order valence-electron chi connectivity index (χ0n) is 8.80. The van der Waals surface area contributed by atoms with Gasteiger partial charge in [-0.15, -0.1) is 0 Å². The Hall–Kier alpha value is -2.11. The Morgan fingerprint density at radius 1 is 1.31 bits per heavy atom. The van der Waals surface area contributed by atoms with Gasteiger partial charge in [-0.2, -0.15) is 0 Å². The van der Waals surface area contributed by atoms with E-state index in [-0.39, 0.29) is 5.56 Å². The van der Waals surface area contributed by atoms with Gasteiger partial charge in [0.15, 0.2) is 17.3 Å². The Kier molecular flexibility index (Phi) is 3.12. The van der Waals surface area contributed by atoms with Crippen molar-refractivity contribution >= 4 is 11.5 Å². The zero-order valence-corrected chi connectivity index (χ0v) is 8.80. The lowest BCUT2D eigenvalue weighted by Gasteiger charge is -2.06. The average molecular weight is 225 g/mol. The van der Waals surface area contributed by atoms with Gasteiger partial charge in [0, 0.05) is 12.0 Å². The summed E-state index contributed by atoms with van der Waals surface area (Å²) in [5.41, 5.74) is -0.704. The van der Waals surface area contributed by atoms with Gasteiger partial charge in [-0.25, -0.2) is 0 Å². The number of carbonyl (C=O) groups excluding carboxylic acids is 1. The van der Waals surface area contributed by atoms with Crippen molar-refractivity contribution in [1.29, 1.82) is 0 Å². The summed E-state index contributed by atoms with van der Waals surface area (Å²) < 4.78 is 0. The van der Waals surface area contributed by atoms with E-state index in [1.165, 1.54) is 0 Å². The number of nitrogens with zero attached hydrogens (tertiary/aromatic N) is 1. The summed E-state index contributed by atoms with van der Waals surface area (Å²) >= 11 is 0. The van der Waals surface area contributed by atoms with Crippen LogP contribution >= 0.6 is 0 Å². The average Bonchev–Trinajstić information content (AvgIpc) is 2.19. The monoisotopic (exact) mass is 225 g/mol. The molecule has 0 atom stereocenters. The predicted octanol–water partition coefficient (Wildman–Crippen LogP) is 1.84. The molecule has 0 unspecified atom stereocenters. The van der Waals surface area contributed by atoms with E-state index in [0.29, 0.717) is 0 Å². The van der Waals surface area contributed by atoms with Gasteiger partial charge in [0.05, 0.1) is 16.6 Å². The van der Waals surface area contributed by atoms with Gasteiger partial charge in [0.25, 0.3) is 5.69 Å². The maximum atomic E-state index is 11.6. The molecule has 0 aromatic heterocycles. The molecule has 0 spiro atoms. The molecule has 0 aliphatic rings. The molecule has 0 saturated carbocycles. The second kappa shape index (κ2) is 4.18. The fraction of sp³-hybridized carbons (Fsp3) is 0.300. The summed E-state index contributed by atoms with van der Waals surface area (Å²) in [5.74, 6) is -2.05. The molecule has 0 aliphatic heterocycles. The Bertz CT molecular complexity index is 453. The number of Topliss-reactive ketones (excluding diaryl/α,β-unsaturated/α-hetero) is 1. The van der Waals surface area contributed by atoms with Crippen molar-refractivity contribution in [2.24, 2.45) is 5.92 Å². The highest BCUT2D eigenvalue weighted by atomic mass is 16.6. The molecule has 2 N–H and O–H groups in total. The number of hydrogen-bond acceptors (Lipinski definition) is 5. The minimum Gasteiger partial charge on any atom is -0.504 e. The van der Waals surface area contributed by atoms with Crippen LogP contribution < -0.4 is 0 Å². The predicted molar refractivity (Wildman–Crippen MR) is 55.6 cm³/mol. The number of aromatic hydroxyl groups is 2. The number of ketones is 1. The lowest BCUT2D eigenvalue weighted by atomic mass is 9.99. The SMILES string of the molecule is CC(C)C(=O)c1cc(O)c(O)cc1[N+](=O)[O-]. The molecule has 0 aliphatic carbocycles. The Balaban J connectivity index is 3.42. The Labute approximate surface area is 91.3 Å². The number of carbonyl (C=O) groups is 1. The fourth-order valence-electron chi connectivity index (χ4n) is 1.23. The van der Waals surface area contributed by atoms with E-state index in [1.807, 2.05) is 0 Å². The van der Waals surface area contributed by atoms with E-state index in [2.05, 4.69) is 0 Å². The molecule has 1 aromatic rings. The van der Waals surface area contributed by atoms with Gasteiger partial charge in [-0.1, -0.05) is 13.8 Å². The maximum Gasteiger partial charge on any atom is 0.284 e. The minimum atomic E-state index is -0.769. The standard InChI is InChI=1S/C10H11NO5/c1-5(2)10(14)6-3-8(12)9(13)4-7(6)11(15)16/h3-5,12-13H,1-2H3. The van der Waals surface area contributed by atoms with Crippen LogP contribution in [0.3, 0.4) is 0 Å². The van der Waals surface area contributed by atoms with Crippen LogP contribution in [0.1, 0.15) is 24.2 Å². The van der Waals surface area contributed by atoms with E-state index < -0.39 is 33.8 Å². The van der Waals surface area contributed by atoms with Gasteiger partial charge < -0.3 is 10.2 Å². The summed E-state index contributed by atoms with van der Waals surface area (Å²) in [4.78, 5) is 21.5. The maximum absolute atomic E-state index is 11.6. The third-order valence-electron chi connectivity index (χ3n) is 2.08. The summed E-state index contributed by atoms with van der Waals surface area (Å²) in [5, 5.41) is 29.0. The molecule has 0 heterocycles. The fourth-order valence-corrected chi connectivity index (χ4v) is 1.23. The smallest absolute Gasteiger partial charge is 0.284 e. The number of phenols is 2. The number of benzene rings is 1. The lowest BCUT2D eigenvalue weighted by molar-refractivity contribution is -0.385. The molecule has 16 heavy (non-hydrogen) atoms. The molecular formula is C10H11NO5. The van der Waals surface area contributed by atoms with Gasteiger partial charge in [-0.3, -0.25) is 14.9 Å². The van der Waals surface area contributed by atoms with Crippen molar-refractivity contribution in [2.75, 3.05) is 0 Å². The van der Waals surface area contributed by atoms with Gasteiger partial charge in [-0.05, 0) is 0 Å². The third-order valence-corrected chi connectivity index (χ3v) is 2.08. The molecule has 6 heteroatoms. The van der Waals surface area contributed by atoms with E-state index in [1.54, 1.807) is 13.8 Å². The molecule has 1 aromatic carbocycles.